The van der Waals surface area contributed by atoms with Crippen molar-refractivity contribution in [3.8, 4) is 11.1 Å². The quantitative estimate of drug-likeness (QED) is 0.747. The number of alkyl halides is 2. The molecule has 2 rings (SSSR count). The first-order valence-electron chi connectivity index (χ1n) is 4.25. The highest BCUT2D eigenvalue weighted by atomic mass is 19.3. The van der Waals surface area contributed by atoms with Crippen LogP contribution in [0.15, 0.2) is 36.7 Å². The first-order chi connectivity index (χ1) is 7.16. The maximum Gasteiger partial charge on any atom is 0.333 e. The van der Waals surface area contributed by atoms with Gasteiger partial charge in [-0.1, -0.05) is 12.1 Å². The predicted octanol–water partition coefficient (Wildman–Crippen LogP) is 3.08. The van der Waals surface area contributed by atoms with E-state index in [-0.39, 0.29) is 0 Å². The molecule has 0 amide bonds. The Morgan fingerprint density at radius 1 is 1.20 bits per heavy atom. The van der Waals surface area contributed by atoms with E-state index in [4.69, 9.17) is 0 Å². The van der Waals surface area contributed by atoms with E-state index in [9.17, 15) is 13.2 Å². The summed E-state index contributed by atoms with van der Waals surface area (Å²) < 4.78 is 37.8. The number of rotatable bonds is 2. The van der Waals surface area contributed by atoms with Crippen LogP contribution >= 0.6 is 0 Å². The Balaban J connectivity index is 2.37. The SMILES string of the molecule is Fc1cccc(-c2cnn(C(F)F)c2)c1. The third-order valence-electron chi connectivity index (χ3n) is 1.96. The summed E-state index contributed by atoms with van der Waals surface area (Å²) in [6.07, 6.45) is 2.46. The van der Waals surface area contributed by atoms with Crippen LogP contribution in [0.3, 0.4) is 0 Å². The minimum Gasteiger partial charge on any atom is -0.211 e. The molecule has 1 aromatic carbocycles. The van der Waals surface area contributed by atoms with Crippen molar-refractivity contribution in [2.45, 2.75) is 6.55 Å². The van der Waals surface area contributed by atoms with Gasteiger partial charge in [0.1, 0.15) is 5.82 Å². The fourth-order valence-corrected chi connectivity index (χ4v) is 1.26. The Hall–Kier alpha value is -1.78. The van der Waals surface area contributed by atoms with E-state index in [1.807, 2.05) is 0 Å². The van der Waals surface area contributed by atoms with Crippen LogP contribution in [0.5, 0.6) is 0 Å². The van der Waals surface area contributed by atoms with Gasteiger partial charge in [0.15, 0.2) is 0 Å². The van der Waals surface area contributed by atoms with Crippen molar-refractivity contribution in [1.29, 1.82) is 0 Å². The summed E-state index contributed by atoms with van der Waals surface area (Å²) in [7, 11) is 0. The average molecular weight is 212 g/mol. The molecule has 0 radical (unpaired) electrons. The molecule has 0 fully saturated rings. The molecule has 0 aliphatic carbocycles. The van der Waals surface area contributed by atoms with Crippen LogP contribution in [0.1, 0.15) is 6.55 Å². The maximum absolute atomic E-state index is 12.8. The standard InChI is InChI=1S/C10H7F3N2/c11-9-3-1-2-7(4-9)8-5-14-15(6-8)10(12)13/h1-6,10H. The number of hydrogen-bond donors (Lipinski definition) is 0. The predicted molar refractivity (Wildman–Crippen MR) is 48.9 cm³/mol. The lowest BCUT2D eigenvalue weighted by Gasteiger charge is -1.97. The van der Waals surface area contributed by atoms with Gasteiger partial charge in [0.2, 0.25) is 0 Å². The van der Waals surface area contributed by atoms with E-state index >= 15 is 0 Å². The van der Waals surface area contributed by atoms with Crippen LogP contribution in [0.4, 0.5) is 13.2 Å². The third kappa shape index (κ3) is 2.01. The topological polar surface area (TPSA) is 17.8 Å². The highest BCUT2D eigenvalue weighted by Gasteiger charge is 2.08. The summed E-state index contributed by atoms with van der Waals surface area (Å²) >= 11 is 0. The molecule has 0 saturated carbocycles. The van der Waals surface area contributed by atoms with Gasteiger partial charge in [-0.2, -0.15) is 13.9 Å². The molecule has 1 aromatic heterocycles. The van der Waals surface area contributed by atoms with Crippen LogP contribution in [0.25, 0.3) is 11.1 Å². The van der Waals surface area contributed by atoms with E-state index in [1.165, 1.54) is 30.6 Å². The van der Waals surface area contributed by atoms with Gasteiger partial charge in [0.05, 0.1) is 6.20 Å². The molecule has 5 heteroatoms. The molecule has 0 N–H and O–H groups in total. The van der Waals surface area contributed by atoms with E-state index in [2.05, 4.69) is 5.10 Å². The summed E-state index contributed by atoms with van der Waals surface area (Å²) in [5.41, 5.74) is 0.997. The van der Waals surface area contributed by atoms with Crippen molar-refractivity contribution >= 4 is 0 Å². The Morgan fingerprint density at radius 3 is 2.60 bits per heavy atom. The molecule has 0 spiro atoms. The molecule has 0 atom stereocenters. The van der Waals surface area contributed by atoms with Gasteiger partial charge in [0, 0.05) is 11.8 Å². The summed E-state index contributed by atoms with van der Waals surface area (Å²) in [4.78, 5) is 0. The molecule has 15 heavy (non-hydrogen) atoms. The normalized spacial score (nSPS) is 10.9. The lowest BCUT2D eigenvalue weighted by Crippen LogP contribution is -1.96. The second kappa shape index (κ2) is 3.76. The number of aromatic nitrogens is 2. The molecule has 0 saturated heterocycles. The lowest BCUT2D eigenvalue weighted by atomic mass is 10.1. The van der Waals surface area contributed by atoms with Crippen LogP contribution < -0.4 is 0 Å². The number of nitrogens with zero attached hydrogens (tertiary/aromatic N) is 2. The van der Waals surface area contributed by atoms with Gasteiger partial charge in [0.25, 0.3) is 0 Å². The smallest absolute Gasteiger partial charge is 0.211 e. The molecule has 0 aliphatic rings. The molecular weight excluding hydrogens is 205 g/mol. The molecular formula is C10H7F3N2. The Labute approximate surface area is 84.0 Å². The van der Waals surface area contributed by atoms with E-state index in [1.54, 1.807) is 6.07 Å². The summed E-state index contributed by atoms with van der Waals surface area (Å²) in [6, 6.07) is 5.72. The van der Waals surface area contributed by atoms with Crippen LogP contribution in [0, 0.1) is 5.82 Å². The highest BCUT2D eigenvalue weighted by molar-refractivity contribution is 5.61. The molecule has 1 heterocycles. The Kier molecular flexibility index (Phi) is 2.45. The zero-order valence-electron chi connectivity index (χ0n) is 7.57. The van der Waals surface area contributed by atoms with Crippen molar-refractivity contribution < 1.29 is 13.2 Å². The third-order valence-corrected chi connectivity index (χ3v) is 1.96. The minimum absolute atomic E-state index is 0.405. The zero-order valence-corrected chi connectivity index (χ0v) is 7.57. The van der Waals surface area contributed by atoms with E-state index in [0.717, 1.165) is 0 Å². The minimum atomic E-state index is -2.67. The Bertz CT molecular complexity index is 465. The second-order valence-electron chi connectivity index (χ2n) is 3.00. The number of benzene rings is 1. The van der Waals surface area contributed by atoms with Crippen molar-refractivity contribution in [2.24, 2.45) is 0 Å². The van der Waals surface area contributed by atoms with E-state index in [0.29, 0.717) is 15.8 Å². The second-order valence-corrected chi connectivity index (χ2v) is 3.00. The van der Waals surface area contributed by atoms with Gasteiger partial charge in [-0.15, -0.1) is 0 Å². The van der Waals surface area contributed by atoms with Crippen LogP contribution in [0.2, 0.25) is 0 Å². The fraction of sp³-hybridized carbons (Fsp3) is 0.100. The molecule has 0 unspecified atom stereocenters. The lowest BCUT2D eigenvalue weighted by molar-refractivity contribution is 0.0566. The summed E-state index contributed by atoms with van der Waals surface area (Å²) in [5, 5.41) is 3.47. The summed E-state index contributed by atoms with van der Waals surface area (Å²) in [6.45, 7) is -2.67. The molecule has 0 bridgehead atoms. The molecule has 78 valence electrons. The van der Waals surface area contributed by atoms with Crippen molar-refractivity contribution in [3.63, 3.8) is 0 Å². The Morgan fingerprint density at radius 2 is 2.00 bits per heavy atom. The van der Waals surface area contributed by atoms with E-state index < -0.39 is 12.4 Å². The fourth-order valence-electron chi connectivity index (χ4n) is 1.26. The van der Waals surface area contributed by atoms with Gasteiger partial charge in [-0.25, -0.2) is 9.07 Å². The van der Waals surface area contributed by atoms with Gasteiger partial charge >= 0.3 is 6.55 Å². The van der Waals surface area contributed by atoms with Crippen molar-refractivity contribution in [1.82, 2.24) is 9.78 Å². The number of hydrogen-bond acceptors (Lipinski definition) is 1. The van der Waals surface area contributed by atoms with Crippen LogP contribution in [-0.4, -0.2) is 9.78 Å². The first-order valence-corrected chi connectivity index (χ1v) is 4.25. The summed E-state index contributed by atoms with van der Waals surface area (Å²) in [5.74, 6) is -0.405. The van der Waals surface area contributed by atoms with Gasteiger partial charge < -0.3 is 0 Å². The average Bonchev–Trinajstić information content (AvgIpc) is 2.66. The highest BCUT2D eigenvalue weighted by Crippen LogP contribution is 2.21. The molecule has 2 nitrogen and oxygen atoms in total. The van der Waals surface area contributed by atoms with Crippen molar-refractivity contribution in [3.05, 3.63) is 42.5 Å². The first kappa shape index (κ1) is 9.76. The van der Waals surface area contributed by atoms with Gasteiger partial charge in [-0.3, -0.25) is 0 Å². The zero-order chi connectivity index (χ0) is 10.8. The monoisotopic (exact) mass is 212 g/mol. The van der Waals surface area contributed by atoms with Crippen molar-refractivity contribution in [2.75, 3.05) is 0 Å². The largest absolute Gasteiger partial charge is 0.333 e. The molecule has 2 aromatic rings. The maximum atomic E-state index is 12.8. The number of halogens is 3. The molecule has 0 aliphatic heterocycles. The van der Waals surface area contributed by atoms with Crippen LogP contribution in [-0.2, 0) is 0 Å². The van der Waals surface area contributed by atoms with Gasteiger partial charge in [-0.05, 0) is 17.7 Å².